The largest absolute Gasteiger partial charge is 0.302 e. The van der Waals surface area contributed by atoms with E-state index in [2.05, 4.69) is 31.4 Å². The second kappa shape index (κ2) is 3.55. The van der Waals surface area contributed by atoms with Crippen molar-refractivity contribution in [3.63, 3.8) is 0 Å². The molecule has 1 unspecified atom stereocenters. The zero-order valence-electron chi connectivity index (χ0n) is 7.91. The second-order valence-corrected chi connectivity index (χ2v) is 4.40. The molecule has 0 aromatic rings. The lowest BCUT2D eigenvalue weighted by atomic mass is 10.1. The highest BCUT2D eigenvalue weighted by molar-refractivity contribution is 4.78. The van der Waals surface area contributed by atoms with E-state index in [9.17, 15) is 0 Å². The molecule has 0 bridgehead atoms. The number of nitrogens with one attached hydrogen (secondary N) is 2. The highest BCUT2D eigenvalue weighted by Gasteiger charge is 2.18. The van der Waals surface area contributed by atoms with Crippen LogP contribution >= 0.6 is 0 Å². The van der Waals surface area contributed by atoms with Gasteiger partial charge in [0.15, 0.2) is 0 Å². The zero-order valence-corrected chi connectivity index (χ0v) is 7.91. The van der Waals surface area contributed by atoms with E-state index in [-0.39, 0.29) is 5.54 Å². The van der Waals surface area contributed by atoms with E-state index in [0.717, 1.165) is 0 Å². The second-order valence-electron chi connectivity index (χ2n) is 4.40. The summed E-state index contributed by atoms with van der Waals surface area (Å²) in [5, 5.41) is 7.01. The van der Waals surface area contributed by atoms with Crippen molar-refractivity contribution in [2.24, 2.45) is 0 Å². The van der Waals surface area contributed by atoms with Crippen LogP contribution in [0, 0.1) is 0 Å². The minimum Gasteiger partial charge on any atom is -0.302 e. The molecule has 0 spiro atoms. The molecule has 11 heavy (non-hydrogen) atoms. The van der Waals surface area contributed by atoms with Crippen LogP contribution in [0.2, 0.25) is 0 Å². The maximum Gasteiger partial charge on any atom is 0.0575 e. The molecule has 1 atom stereocenters. The maximum atomic E-state index is 3.55. The summed E-state index contributed by atoms with van der Waals surface area (Å²) in [6, 6.07) is 0. The van der Waals surface area contributed by atoms with Crippen LogP contribution in [-0.2, 0) is 0 Å². The van der Waals surface area contributed by atoms with Crippen LogP contribution in [0.25, 0.3) is 0 Å². The van der Waals surface area contributed by atoms with Crippen molar-refractivity contribution < 1.29 is 0 Å². The third kappa shape index (κ3) is 3.73. The Morgan fingerprint density at radius 3 is 2.45 bits per heavy atom. The van der Waals surface area contributed by atoms with Crippen molar-refractivity contribution in [3.8, 4) is 0 Å². The van der Waals surface area contributed by atoms with Gasteiger partial charge in [-0.15, -0.1) is 0 Å². The molecular weight excluding hydrogens is 136 g/mol. The molecule has 0 amide bonds. The van der Waals surface area contributed by atoms with Crippen LogP contribution in [-0.4, -0.2) is 18.2 Å². The lowest BCUT2D eigenvalue weighted by molar-refractivity contribution is 0.274. The molecule has 2 heteroatoms. The van der Waals surface area contributed by atoms with Gasteiger partial charge in [-0.05, 0) is 46.6 Å². The molecule has 2 nitrogen and oxygen atoms in total. The summed E-state index contributed by atoms with van der Waals surface area (Å²) in [4.78, 5) is 0. The predicted molar refractivity (Wildman–Crippen MR) is 48.5 cm³/mol. The molecule has 1 heterocycles. The van der Waals surface area contributed by atoms with Gasteiger partial charge in [0.2, 0.25) is 0 Å². The summed E-state index contributed by atoms with van der Waals surface area (Å²) in [6.45, 7) is 7.81. The maximum absolute atomic E-state index is 3.55. The van der Waals surface area contributed by atoms with E-state index in [1.165, 1.54) is 25.8 Å². The van der Waals surface area contributed by atoms with Gasteiger partial charge in [-0.3, -0.25) is 5.32 Å². The van der Waals surface area contributed by atoms with E-state index in [1.807, 2.05) is 0 Å². The van der Waals surface area contributed by atoms with Crippen LogP contribution in [0.5, 0.6) is 0 Å². The van der Waals surface area contributed by atoms with Gasteiger partial charge in [-0.1, -0.05) is 0 Å². The van der Waals surface area contributed by atoms with Gasteiger partial charge in [0.05, 0.1) is 6.17 Å². The quantitative estimate of drug-likeness (QED) is 0.601. The molecule has 1 saturated heterocycles. The van der Waals surface area contributed by atoms with E-state index >= 15 is 0 Å². The van der Waals surface area contributed by atoms with Gasteiger partial charge < -0.3 is 5.32 Å². The van der Waals surface area contributed by atoms with Crippen molar-refractivity contribution in [1.29, 1.82) is 0 Å². The van der Waals surface area contributed by atoms with Crippen molar-refractivity contribution in [2.45, 2.75) is 51.7 Å². The van der Waals surface area contributed by atoms with Crippen LogP contribution < -0.4 is 10.6 Å². The first kappa shape index (κ1) is 9.01. The Bertz CT molecular complexity index is 109. The average Bonchev–Trinajstić information content (AvgIpc) is 1.85. The van der Waals surface area contributed by atoms with Crippen molar-refractivity contribution in [3.05, 3.63) is 0 Å². The van der Waals surface area contributed by atoms with Gasteiger partial charge in [0.25, 0.3) is 0 Å². The minimum absolute atomic E-state index is 0.245. The Kier molecular flexibility index (Phi) is 2.90. The minimum atomic E-state index is 0.245. The lowest BCUT2D eigenvalue weighted by Gasteiger charge is -2.31. The summed E-state index contributed by atoms with van der Waals surface area (Å²) >= 11 is 0. The summed E-state index contributed by atoms with van der Waals surface area (Å²) < 4.78 is 0. The van der Waals surface area contributed by atoms with Crippen LogP contribution in [0.4, 0.5) is 0 Å². The lowest BCUT2D eigenvalue weighted by Crippen LogP contribution is -2.52. The van der Waals surface area contributed by atoms with Gasteiger partial charge in [0, 0.05) is 5.54 Å². The van der Waals surface area contributed by atoms with Gasteiger partial charge in [-0.25, -0.2) is 0 Å². The fourth-order valence-electron chi connectivity index (χ4n) is 1.50. The zero-order chi connectivity index (χ0) is 8.32. The van der Waals surface area contributed by atoms with E-state index < -0.39 is 0 Å². The van der Waals surface area contributed by atoms with Crippen LogP contribution in [0.1, 0.15) is 40.0 Å². The van der Waals surface area contributed by atoms with Crippen molar-refractivity contribution in [2.75, 3.05) is 6.54 Å². The van der Waals surface area contributed by atoms with Gasteiger partial charge >= 0.3 is 0 Å². The molecule has 1 fully saturated rings. The molecule has 1 rings (SSSR count). The molecule has 0 radical (unpaired) electrons. The SMILES string of the molecule is CC(C)(C)NC1CCCCN1. The smallest absolute Gasteiger partial charge is 0.0575 e. The highest BCUT2D eigenvalue weighted by atomic mass is 15.2. The third-order valence-corrected chi connectivity index (χ3v) is 1.92. The summed E-state index contributed by atoms with van der Waals surface area (Å²) in [6.07, 6.45) is 4.52. The molecule has 0 aliphatic carbocycles. The Morgan fingerprint density at radius 2 is 2.00 bits per heavy atom. The topological polar surface area (TPSA) is 24.1 Å². The monoisotopic (exact) mass is 156 g/mol. The number of piperidine rings is 1. The molecule has 0 aromatic carbocycles. The van der Waals surface area contributed by atoms with E-state index in [4.69, 9.17) is 0 Å². The fourth-order valence-corrected chi connectivity index (χ4v) is 1.50. The Morgan fingerprint density at radius 1 is 1.27 bits per heavy atom. The Labute approximate surface area is 69.8 Å². The number of rotatable bonds is 1. The van der Waals surface area contributed by atoms with E-state index in [0.29, 0.717) is 6.17 Å². The Balaban J connectivity index is 2.24. The Hall–Kier alpha value is -0.0800. The van der Waals surface area contributed by atoms with E-state index in [1.54, 1.807) is 0 Å². The average molecular weight is 156 g/mol. The summed E-state index contributed by atoms with van der Waals surface area (Å²) in [5.41, 5.74) is 0.245. The predicted octanol–water partition coefficient (Wildman–Crippen LogP) is 1.47. The first-order chi connectivity index (χ1) is 5.08. The van der Waals surface area contributed by atoms with Crippen molar-refractivity contribution in [1.82, 2.24) is 10.6 Å². The summed E-state index contributed by atoms with van der Waals surface area (Å²) in [7, 11) is 0. The molecular formula is C9H20N2. The normalized spacial score (nSPS) is 27.0. The van der Waals surface area contributed by atoms with Gasteiger partial charge in [0.1, 0.15) is 0 Å². The molecule has 0 saturated carbocycles. The highest BCUT2D eigenvalue weighted by Crippen LogP contribution is 2.08. The molecule has 1 aliphatic heterocycles. The third-order valence-electron chi connectivity index (χ3n) is 1.92. The molecule has 0 aromatic heterocycles. The van der Waals surface area contributed by atoms with Gasteiger partial charge in [-0.2, -0.15) is 0 Å². The number of hydrogen-bond donors (Lipinski definition) is 2. The fraction of sp³-hybridized carbons (Fsp3) is 1.00. The molecule has 1 aliphatic rings. The van der Waals surface area contributed by atoms with Crippen LogP contribution in [0.3, 0.4) is 0 Å². The van der Waals surface area contributed by atoms with Crippen LogP contribution in [0.15, 0.2) is 0 Å². The summed E-state index contributed by atoms with van der Waals surface area (Å²) in [5.74, 6) is 0. The molecule has 66 valence electrons. The van der Waals surface area contributed by atoms with Crippen molar-refractivity contribution >= 4 is 0 Å². The first-order valence-electron chi connectivity index (χ1n) is 4.59. The first-order valence-corrected chi connectivity index (χ1v) is 4.59. The molecule has 2 N–H and O–H groups in total. The standard InChI is InChI=1S/C9H20N2/c1-9(2,3)11-8-6-4-5-7-10-8/h8,10-11H,4-7H2,1-3H3. The number of hydrogen-bond acceptors (Lipinski definition) is 2.